The molecule has 1 amide bonds. The average molecular weight is 277 g/mol. The third kappa shape index (κ3) is 3.10. The highest BCUT2D eigenvalue weighted by Gasteiger charge is 2.24. The second-order valence-electron chi connectivity index (χ2n) is 5.45. The van der Waals surface area contributed by atoms with E-state index in [0.717, 1.165) is 32.6 Å². The Balaban J connectivity index is 2.01. The van der Waals surface area contributed by atoms with Crippen molar-refractivity contribution in [2.24, 2.45) is 7.05 Å². The van der Waals surface area contributed by atoms with Gasteiger partial charge in [-0.1, -0.05) is 6.92 Å². The minimum atomic E-state index is -0.144. The van der Waals surface area contributed by atoms with Crippen molar-refractivity contribution in [1.82, 2.24) is 14.4 Å². The summed E-state index contributed by atoms with van der Waals surface area (Å²) in [5.41, 5.74) is 0.346. The molecule has 0 bridgehead atoms. The van der Waals surface area contributed by atoms with E-state index in [9.17, 15) is 9.59 Å². The molecule has 0 aromatic carbocycles. The Kier molecular flexibility index (Phi) is 4.60. The summed E-state index contributed by atoms with van der Waals surface area (Å²) in [5, 5.41) is 0. The SMILES string of the molecule is CCC(C)N1CCN(C(=O)c2ccn(C)c(=O)c2)CC1. The number of rotatable bonds is 3. The molecule has 1 atom stereocenters. The van der Waals surface area contributed by atoms with Crippen molar-refractivity contribution in [2.75, 3.05) is 26.2 Å². The van der Waals surface area contributed by atoms with Crippen LogP contribution in [0.3, 0.4) is 0 Å². The predicted octanol–water partition coefficient (Wildman–Crippen LogP) is 0.942. The predicted molar refractivity (Wildman–Crippen MR) is 78.9 cm³/mol. The van der Waals surface area contributed by atoms with E-state index in [1.165, 1.54) is 10.6 Å². The van der Waals surface area contributed by atoms with Crippen molar-refractivity contribution in [2.45, 2.75) is 26.3 Å². The van der Waals surface area contributed by atoms with Gasteiger partial charge in [0.1, 0.15) is 0 Å². The molecule has 1 aliphatic rings. The van der Waals surface area contributed by atoms with Crippen LogP contribution in [0.5, 0.6) is 0 Å². The topological polar surface area (TPSA) is 45.5 Å². The van der Waals surface area contributed by atoms with Crippen LogP contribution in [0.25, 0.3) is 0 Å². The summed E-state index contributed by atoms with van der Waals surface area (Å²) in [6.45, 7) is 7.69. The summed E-state index contributed by atoms with van der Waals surface area (Å²) >= 11 is 0. The van der Waals surface area contributed by atoms with Gasteiger partial charge in [-0.15, -0.1) is 0 Å². The summed E-state index contributed by atoms with van der Waals surface area (Å²) in [5.74, 6) is -0.0356. The van der Waals surface area contributed by atoms with Crippen LogP contribution in [-0.2, 0) is 7.05 Å². The van der Waals surface area contributed by atoms with Crippen LogP contribution in [0, 0.1) is 0 Å². The highest BCUT2D eigenvalue weighted by atomic mass is 16.2. The number of carbonyl (C=O) groups excluding carboxylic acids is 1. The van der Waals surface area contributed by atoms with Crippen LogP contribution < -0.4 is 5.56 Å². The minimum Gasteiger partial charge on any atom is -0.336 e. The number of hydrogen-bond donors (Lipinski definition) is 0. The van der Waals surface area contributed by atoms with Crippen molar-refractivity contribution in [3.63, 3.8) is 0 Å². The number of carbonyl (C=O) groups is 1. The summed E-state index contributed by atoms with van der Waals surface area (Å²) in [6, 6.07) is 3.70. The maximum absolute atomic E-state index is 12.4. The molecule has 2 rings (SSSR count). The van der Waals surface area contributed by atoms with E-state index in [1.807, 2.05) is 4.90 Å². The zero-order valence-electron chi connectivity index (χ0n) is 12.5. The standard InChI is InChI=1S/C15H23N3O2/c1-4-12(2)17-7-9-18(10-8-17)15(20)13-5-6-16(3)14(19)11-13/h5-6,11-12H,4,7-10H2,1-3H3. The van der Waals surface area contributed by atoms with E-state index in [4.69, 9.17) is 0 Å². The molecule has 0 spiro atoms. The van der Waals surface area contributed by atoms with E-state index in [0.29, 0.717) is 11.6 Å². The monoisotopic (exact) mass is 277 g/mol. The van der Waals surface area contributed by atoms with Crippen LogP contribution in [0.1, 0.15) is 30.6 Å². The molecule has 0 N–H and O–H groups in total. The fraction of sp³-hybridized carbons (Fsp3) is 0.600. The maximum atomic E-state index is 12.4. The van der Waals surface area contributed by atoms with E-state index in [-0.39, 0.29) is 11.5 Å². The second-order valence-corrected chi connectivity index (χ2v) is 5.45. The zero-order valence-corrected chi connectivity index (χ0v) is 12.5. The van der Waals surface area contributed by atoms with E-state index < -0.39 is 0 Å². The molecule has 5 nitrogen and oxygen atoms in total. The van der Waals surface area contributed by atoms with Gasteiger partial charge >= 0.3 is 0 Å². The molecular formula is C15H23N3O2. The first kappa shape index (κ1) is 14.8. The van der Waals surface area contributed by atoms with Crippen LogP contribution in [0.15, 0.2) is 23.1 Å². The van der Waals surface area contributed by atoms with Gasteiger partial charge in [-0.05, 0) is 19.4 Å². The molecule has 2 heterocycles. The smallest absolute Gasteiger partial charge is 0.254 e. The van der Waals surface area contributed by atoms with Crippen LogP contribution in [-0.4, -0.2) is 52.5 Å². The first-order chi connectivity index (χ1) is 9.52. The van der Waals surface area contributed by atoms with Gasteiger partial charge < -0.3 is 9.47 Å². The number of nitrogens with zero attached hydrogens (tertiary/aromatic N) is 3. The van der Waals surface area contributed by atoms with Crippen molar-refractivity contribution >= 4 is 5.91 Å². The molecular weight excluding hydrogens is 254 g/mol. The molecule has 0 aliphatic carbocycles. The van der Waals surface area contributed by atoms with Gasteiger partial charge in [0.15, 0.2) is 0 Å². The lowest BCUT2D eigenvalue weighted by molar-refractivity contribution is 0.0579. The van der Waals surface area contributed by atoms with Gasteiger partial charge in [-0.3, -0.25) is 14.5 Å². The fourth-order valence-corrected chi connectivity index (χ4v) is 2.49. The number of pyridine rings is 1. The molecule has 1 saturated heterocycles. The zero-order chi connectivity index (χ0) is 14.7. The van der Waals surface area contributed by atoms with Crippen LogP contribution in [0.2, 0.25) is 0 Å². The number of amides is 1. The highest BCUT2D eigenvalue weighted by Crippen LogP contribution is 2.11. The van der Waals surface area contributed by atoms with Crippen LogP contribution >= 0.6 is 0 Å². The average Bonchev–Trinajstić information content (AvgIpc) is 2.48. The summed E-state index contributed by atoms with van der Waals surface area (Å²) in [4.78, 5) is 28.2. The fourth-order valence-electron chi connectivity index (χ4n) is 2.49. The highest BCUT2D eigenvalue weighted by molar-refractivity contribution is 5.94. The van der Waals surface area contributed by atoms with Gasteiger partial charge in [0, 0.05) is 57.1 Å². The van der Waals surface area contributed by atoms with Crippen LogP contribution in [0.4, 0.5) is 0 Å². The van der Waals surface area contributed by atoms with Crippen molar-refractivity contribution in [3.8, 4) is 0 Å². The largest absolute Gasteiger partial charge is 0.336 e. The molecule has 1 unspecified atom stereocenters. The second kappa shape index (κ2) is 6.22. The lowest BCUT2D eigenvalue weighted by Crippen LogP contribution is -2.51. The van der Waals surface area contributed by atoms with Gasteiger partial charge in [-0.2, -0.15) is 0 Å². The first-order valence-corrected chi connectivity index (χ1v) is 7.23. The van der Waals surface area contributed by atoms with Gasteiger partial charge in [0.25, 0.3) is 11.5 Å². The molecule has 0 saturated carbocycles. The Morgan fingerprint density at radius 1 is 1.30 bits per heavy atom. The molecule has 5 heteroatoms. The minimum absolute atomic E-state index is 0.0356. The summed E-state index contributed by atoms with van der Waals surface area (Å²) in [7, 11) is 1.68. The Bertz CT molecular complexity index is 530. The summed E-state index contributed by atoms with van der Waals surface area (Å²) < 4.78 is 1.47. The van der Waals surface area contributed by atoms with E-state index >= 15 is 0 Å². The Morgan fingerprint density at radius 2 is 1.95 bits per heavy atom. The number of piperazine rings is 1. The maximum Gasteiger partial charge on any atom is 0.254 e. The molecule has 1 fully saturated rings. The van der Waals surface area contributed by atoms with Crippen molar-refractivity contribution < 1.29 is 4.79 Å². The number of aryl methyl sites for hydroxylation is 1. The molecule has 110 valence electrons. The molecule has 1 aromatic rings. The van der Waals surface area contributed by atoms with E-state index in [1.54, 1.807) is 19.3 Å². The Morgan fingerprint density at radius 3 is 2.50 bits per heavy atom. The summed E-state index contributed by atoms with van der Waals surface area (Å²) in [6.07, 6.45) is 2.77. The van der Waals surface area contributed by atoms with E-state index in [2.05, 4.69) is 18.7 Å². The first-order valence-electron chi connectivity index (χ1n) is 7.23. The molecule has 20 heavy (non-hydrogen) atoms. The van der Waals surface area contributed by atoms with Gasteiger partial charge in [-0.25, -0.2) is 0 Å². The van der Waals surface area contributed by atoms with Crippen molar-refractivity contribution in [3.05, 3.63) is 34.2 Å². The third-order valence-electron chi connectivity index (χ3n) is 4.17. The van der Waals surface area contributed by atoms with Gasteiger partial charge in [0.2, 0.25) is 0 Å². The molecule has 1 aliphatic heterocycles. The number of hydrogen-bond acceptors (Lipinski definition) is 3. The normalized spacial score (nSPS) is 18.1. The Labute approximate surface area is 119 Å². The number of aromatic nitrogens is 1. The Hall–Kier alpha value is -1.62. The third-order valence-corrected chi connectivity index (χ3v) is 4.17. The molecule has 1 aromatic heterocycles. The quantitative estimate of drug-likeness (QED) is 0.826. The lowest BCUT2D eigenvalue weighted by Gasteiger charge is -2.37. The molecule has 0 radical (unpaired) electrons. The van der Waals surface area contributed by atoms with Gasteiger partial charge in [0.05, 0.1) is 0 Å². The lowest BCUT2D eigenvalue weighted by atomic mass is 10.1. The van der Waals surface area contributed by atoms with Crippen molar-refractivity contribution in [1.29, 1.82) is 0 Å².